The first-order chi connectivity index (χ1) is 11.4. The highest BCUT2D eigenvalue weighted by molar-refractivity contribution is 7.91. The fraction of sp³-hybridized carbons (Fsp3) is 0.500. The third-order valence-corrected chi connectivity index (χ3v) is 6.91. The second kappa shape index (κ2) is 5.62. The lowest BCUT2D eigenvalue weighted by molar-refractivity contribution is -0.129. The number of likely N-dealkylation sites (tertiary alicyclic amines) is 1. The minimum atomic E-state index is -3.08. The summed E-state index contributed by atoms with van der Waals surface area (Å²) in [6.07, 6.45) is 7.08. The average Bonchev–Trinajstić information content (AvgIpc) is 3.23. The Balaban J connectivity index is 1.53. The SMILES string of the molecule is CS(=O)(=O)C1CCN(C(=O)Cc2coc3cc4c(cc23)CCC4)C1. The molecule has 0 radical (unpaired) electrons. The molecule has 24 heavy (non-hydrogen) atoms. The van der Waals surface area contributed by atoms with E-state index < -0.39 is 15.1 Å². The van der Waals surface area contributed by atoms with Crippen molar-refractivity contribution in [3.63, 3.8) is 0 Å². The molecule has 1 unspecified atom stereocenters. The standard InChI is InChI=1S/C18H21NO4S/c1-24(21,22)15-5-6-19(10-15)18(20)9-14-11-23-17-8-13-4-2-3-12(13)7-16(14)17/h7-8,11,15H,2-6,9-10H2,1H3. The molecule has 2 heterocycles. The quantitative estimate of drug-likeness (QED) is 0.853. The van der Waals surface area contributed by atoms with E-state index >= 15 is 0 Å². The van der Waals surface area contributed by atoms with Gasteiger partial charge in [-0.05, 0) is 48.9 Å². The first kappa shape index (κ1) is 15.7. The second-order valence-electron chi connectivity index (χ2n) is 6.99. The van der Waals surface area contributed by atoms with Crippen LogP contribution in [0.5, 0.6) is 0 Å². The average molecular weight is 347 g/mol. The molecule has 1 fully saturated rings. The largest absolute Gasteiger partial charge is 0.464 e. The highest BCUT2D eigenvalue weighted by atomic mass is 32.2. The summed E-state index contributed by atoms with van der Waals surface area (Å²) in [7, 11) is -3.08. The van der Waals surface area contributed by atoms with Gasteiger partial charge in [0.25, 0.3) is 0 Å². The summed E-state index contributed by atoms with van der Waals surface area (Å²) in [5.41, 5.74) is 4.45. The smallest absolute Gasteiger partial charge is 0.227 e. The van der Waals surface area contributed by atoms with Crippen molar-refractivity contribution in [1.82, 2.24) is 4.90 Å². The lowest BCUT2D eigenvalue weighted by Gasteiger charge is -2.15. The van der Waals surface area contributed by atoms with Crippen LogP contribution in [0.3, 0.4) is 0 Å². The molecule has 1 aromatic heterocycles. The van der Waals surface area contributed by atoms with Crippen LogP contribution in [0, 0.1) is 0 Å². The molecule has 2 aromatic rings. The second-order valence-corrected chi connectivity index (χ2v) is 9.31. The van der Waals surface area contributed by atoms with Gasteiger partial charge < -0.3 is 9.32 Å². The Labute approximate surface area is 141 Å². The molecular formula is C18H21NO4S. The van der Waals surface area contributed by atoms with Gasteiger partial charge in [-0.2, -0.15) is 0 Å². The van der Waals surface area contributed by atoms with Crippen LogP contribution in [-0.2, 0) is 33.9 Å². The summed E-state index contributed by atoms with van der Waals surface area (Å²) < 4.78 is 28.9. The van der Waals surface area contributed by atoms with Gasteiger partial charge in [0.1, 0.15) is 5.58 Å². The fourth-order valence-electron chi connectivity index (χ4n) is 3.86. The molecule has 1 atom stereocenters. The summed E-state index contributed by atoms with van der Waals surface area (Å²) in [5.74, 6) is -0.0238. The maximum atomic E-state index is 12.6. The van der Waals surface area contributed by atoms with Crippen LogP contribution in [0.4, 0.5) is 0 Å². The van der Waals surface area contributed by atoms with E-state index in [1.807, 2.05) is 0 Å². The molecule has 0 bridgehead atoms. The third-order valence-electron chi connectivity index (χ3n) is 5.31. The number of sulfone groups is 1. The van der Waals surface area contributed by atoms with Crippen molar-refractivity contribution in [1.29, 1.82) is 0 Å². The van der Waals surface area contributed by atoms with E-state index in [4.69, 9.17) is 4.42 Å². The maximum absolute atomic E-state index is 12.6. The van der Waals surface area contributed by atoms with E-state index in [0.29, 0.717) is 19.5 Å². The van der Waals surface area contributed by atoms with Crippen molar-refractivity contribution in [2.75, 3.05) is 19.3 Å². The van der Waals surface area contributed by atoms with Crippen molar-refractivity contribution < 1.29 is 17.6 Å². The predicted octanol–water partition coefficient (Wildman–Crippen LogP) is 2.11. The van der Waals surface area contributed by atoms with Crippen LogP contribution in [0.1, 0.15) is 29.5 Å². The summed E-state index contributed by atoms with van der Waals surface area (Å²) in [6.45, 7) is 0.824. The van der Waals surface area contributed by atoms with Crippen molar-refractivity contribution in [2.45, 2.75) is 37.4 Å². The van der Waals surface area contributed by atoms with Crippen molar-refractivity contribution in [3.8, 4) is 0 Å². The maximum Gasteiger partial charge on any atom is 0.227 e. The number of carbonyl (C=O) groups excluding carboxylic acids is 1. The molecular weight excluding hydrogens is 326 g/mol. The zero-order valence-corrected chi connectivity index (χ0v) is 14.6. The molecule has 1 amide bonds. The number of amides is 1. The molecule has 1 aliphatic carbocycles. The Morgan fingerprint density at radius 3 is 2.75 bits per heavy atom. The highest BCUT2D eigenvalue weighted by Crippen LogP contribution is 2.31. The van der Waals surface area contributed by atoms with Crippen molar-refractivity contribution in [3.05, 3.63) is 35.1 Å². The molecule has 0 spiro atoms. The van der Waals surface area contributed by atoms with E-state index in [-0.39, 0.29) is 12.3 Å². The zero-order chi connectivity index (χ0) is 16.9. The van der Waals surface area contributed by atoms with Gasteiger partial charge in [-0.1, -0.05) is 0 Å². The van der Waals surface area contributed by atoms with Gasteiger partial charge >= 0.3 is 0 Å². The van der Waals surface area contributed by atoms with E-state index in [9.17, 15) is 13.2 Å². The van der Waals surface area contributed by atoms with E-state index in [1.54, 1.807) is 11.2 Å². The fourth-order valence-corrected chi connectivity index (χ4v) is 4.85. The molecule has 0 saturated carbocycles. The lowest BCUT2D eigenvalue weighted by Crippen LogP contribution is -2.32. The zero-order valence-electron chi connectivity index (χ0n) is 13.7. The first-order valence-corrected chi connectivity index (χ1v) is 10.4. The number of hydrogen-bond donors (Lipinski definition) is 0. The predicted molar refractivity (Wildman–Crippen MR) is 91.8 cm³/mol. The number of nitrogens with zero attached hydrogens (tertiary/aromatic N) is 1. The molecule has 1 saturated heterocycles. The summed E-state index contributed by atoms with van der Waals surface area (Å²) in [6, 6.07) is 4.26. The Hall–Kier alpha value is -1.82. The monoisotopic (exact) mass is 347 g/mol. The van der Waals surface area contributed by atoms with Crippen LogP contribution < -0.4 is 0 Å². The number of fused-ring (bicyclic) bond motifs is 2. The third kappa shape index (κ3) is 2.73. The highest BCUT2D eigenvalue weighted by Gasteiger charge is 2.32. The van der Waals surface area contributed by atoms with Gasteiger partial charge in [0, 0.05) is 30.3 Å². The number of rotatable bonds is 3. The van der Waals surface area contributed by atoms with Gasteiger partial charge in [0.15, 0.2) is 9.84 Å². The van der Waals surface area contributed by atoms with Crippen molar-refractivity contribution in [2.24, 2.45) is 0 Å². The normalized spacial score (nSPS) is 20.7. The summed E-state index contributed by atoms with van der Waals surface area (Å²) >= 11 is 0. The number of aryl methyl sites for hydroxylation is 2. The van der Waals surface area contributed by atoms with Gasteiger partial charge in [-0.25, -0.2) is 8.42 Å². The molecule has 4 rings (SSSR count). The Morgan fingerprint density at radius 2 is 2.04 bits per heavy atom. The minimum absolute atomic E-state index is 0.0238. The van der Waals surface area contributed by atoms with Crippen LogP contribution in [0.25, 0.3) is 11.0 Å². The molecule has 0 N–H and O–H groups in total. The Bertz CT molecular complexity index is 912. The molecule has 6 heteroatoms. The van der Waals surface area contributed by atoms with Crippen LogP contribution in [0.2, 0.25) is 0 Å². The number of benzene rings is 1. The van der Waals surface area contributed by atoms with Crippen LogP contribution in [-0.4, -0.2) is 43.8 Å². The molecule has 128 valence electrons. The number of carbonyl (C=O) groups is 1. The minimum Gasteiger partial charge on any atom is -0.464 e. The topological polar surface area (TPSA) is 67.6 Å². The van der Waals surface area contributed by atoms with E-state index in [1.165, 1.54) is 23.8 Å². The van der Waals surface area contributed by atoms with Gasteiger partial charge in [-0.15, -0.1) is 0 Å². The molecule has 2 aliphatic rings. The first-order valence-electron chi connectivity index (χ1n) is 8.40. The number of hydrogen-bond acceptors (Lipinski definition) is 4. The summed E-state index contributed by atoms with van der Waals surface area (Å²) in [5, 5.41) is 0.591. The lowest BCUT2D eigenvalue weighted by atomic mass is 10.0. The van der Waals surface area contributed by atoms with Crippen LogP contribution in [0.15, 0.2) is 22.8 Å². The van der Waals surface area contributed by atoms with Crippen LogP contribution >= 0.6 is 0 Å². The van der Waals surface area contributed by atoms with Gasteiger partial charge in [0.05, 0.1) is 17.9 Å². The van der Waals surface area contributed by atoms with Crippen molar-refractivity contribution >= 4 is 26.7 Å². The number of furan rings is 1. The summed E-state index contributed by atoms with van der Waals surface area (Å²) in [4.78, 5) is 14.2. The Kier molecular flexibility index (Phi) is 3.67. The van der Waals surface area contributed by atoms with E-state index in [0.717, 1.165) is 29.4 Å². The Morgan fingerprint density at radius 1 is 1.29 bits per heavy atom. The molecule has 5 nitrogen and oxygen atoms in total. The van der Waals surface area contributed by atoms with E-state index in [2.05, 4.69) is 12.1 Å². The van der Waals surface area contributed by atoms with Gasteiger partial charge in [-0.3, -0.25) is 4.79 Å². The molecule has 1 aromatic carbocycles. The molecule has 1 aliphatic heterocycles. The van der Waals surface area contributed by atoms with Gasteiger partial charge in [0.2, 0.25) is 5.91 Å².